The summed E-state index contributed by atoms with van der Waals surface area (Å²) in [4.78, 5) is 8.64. The van der Waals surface area contributed by atoms with Crippen LogP contribution in [0.2, 0.25) is 0 Å². The van der Waals surface area contributed by atoms with Gasteiger partial charge in [0, 0.05) is 5.56 Å². The quantitative estimate of drug-likeness (QED) is 0.775. The fourth-order valence-corrected chi connectivity index (χ4v) is 1.41. The van der Waals surface area contributed by atoms with Crippen molar-refractivity contribution in [3.05, 3.63) is 46.8 Å². The highest BCUT2D eigenvalue weighted by Crippen LogP contribution is 2.18. The molecule has 0 saturated heterocycles. The standard InChI is InChI=1S/C11H9BrN2/c1-8-11(12)13-7-10(14-8)9-5-3-2-4-6-9/h2-7H,1H3. The Balaban J connectivity index is 2.48. The average molecular weight is 249 g/mol. The number of aryl methyl sites for hydroxylation is 1. The SMILES string of the molecule is Cc1nc(-c2ccccc2)cnc1Br. The maximum absolute atomic E-state index is 4.43. The van der Waals surface area contributed by atoms with Gasteiger partial charge in [0.05, 0.1) is 17.6 Å². The molecule has 0 bridgehead atoms. The van der Waals surface area contributed by atoms with Crippen molar-refractivity contribution in [1.82, 2.24) is 9.97 Å². The third kappa shape index (κ3) is 1.82. The maximum Gasteiger partial charge on any atom is 0.127 e. The number of halogens is 1. The van der Waals surface area contributed by atoms with E-state index in [0.717, 1.165) is 21.6 Å². The van der Waals surface area contributed by atoms with Gasteiger partial charge in [-0.1, -0.05) is 30.3 Å². The first-order valence-corrected chi connectivity index (χ1v) is 5.11. The van der Waals surface area contributed by atoms with E-state index in [9.17, 15) is 0 Å². The number of aromatic nitrogens is 2. The molecule has 3 heteroatoms. The zero-order valence-electron chi connectivity index (χ0n) is 7.74. The van der Waals surface area contributed by atoms with Crippen LogP contribution in [-0.4, -0.2) is 9.97 Å². The second-order valence-electron chi connectivity index (χ2n) is 3.00. The minimum atomic E-state index is 0.803. The zero-order chi connectivity index (χ0) is 9.97. The van der Waals surface area contributed by atoms with E-state index < -0.39 is 0 Å². The zero-order valence-corrected chi connectivity index (χ0v) is 9.32. The van der Waals surface area contributed by atoms with E-state index in [1.54, 1.807) is 6.20 Å². The summed E-state index contributed by atoms with van der Waals surface area (Å²) in [5.41, 5.74) is 2.91. The molecule has 1 aromatic heterocycles. The van der Waals surface area contributed by atoms with Crippen molar-refractivity contribution in [3.8, 4) is 11.3 Å². The van der Waals surface area contributed by atoms with E-state index in [1.807, 2.05) is 37.3 Å². The van der Waals surface area contributed by atoms with Gasteiger partial charge in [0.15, 0.2) is 0 Å². The molecule has 0 spiro atoms. The Bertz CT molecular complexity index is 440. The van der Waals surface area contributed by atoms with Crippen LogP contribution in [0.3, 0.4) is 0 Å². The molecule has 0 N–H and O–H groups in total. The summed E-state index contributed by atoms with van der Waals surface area (Å²) in [6.07, 6.45) is 1.77. The molecule has 0 saturated carbocycles. The van der Waals surface area contributed by atoms with Crippen LogP contribution in [0.15, 0.2) is 41.1 Å². The Labute approximate surface area is 91.2 Å². The lowest BCUT2D eigenvalue weighted by Gasteiger charge is -2.02. The molecule has 2 nitrogen and oxygen atoms in total. The minimum absolute atomic E-state index is 0.803. The second-order valence-corrected chi connectivity index (χ2v) is 3.75. The Morgan fingerprint density at radius 1 is 1.14 bits per heavy atom. The van der Waals surface area contributed by atoms with Gasteiger partial charge >= 0.3 is 0 Å². The Morgan fingerprint density at radius 3 is 2.50 bits per heavy atom. The van der Waals surface area contributed by atoms with Gasteiger partial charge in [0.1, 0.15) is 4.60 Å². The van der Waals surface area contributed by atoms with Crippen molar-refractivity contribution >= 4 is 15.9 Å². The number of nitrogens with zero attached hydrogens (tertiary/aromatic N) is 2. The fourth-order valence-electron chi connectivity index (χ4n) is 1.21. The minimum Gasteiger partial charge on any atom is -0.249 e. The van der Waals surface area contributed by atoms with Crippen molar-refractivity contribution in [2.75, 3.05) is 0 Å². The highest BCUT2D eigenvalue weighted by molar-refractivity contribution is 9.10. The molecule has 0 aliphatic heterocycles. The van der Waals surface area contributed by atoms with Crippen LogP contribution >= 0.6 is 15.9 Å². The summed E-state index contributed by atoms with van der Waals surface area (Å²) < 4.78 is 0.803. The Kier molecular flexibility index (Phi) is 2.59. The van der Waals surface area contributed by atoms with Gasteiger partial charge in [0.25, 0.3) is 0 Å². The van der Waals surface area contributed by atoms with Gasteiger partial charge < -0.3 is 0 Å². The molecule has 0 aliphatic carbocycles. The Morgan fingerprint density at radius 2 is 1.86 bits per heavy atom. The van der Waals surface area contributed by atoms with Gasteiger partial charge in [-0.15, -0.1) is 0 Å². The summed E-state index contributed by atoms with van der Waals surface area (Å²) in [5.74, 6) is 0. The summed E-state index contributed by atoms with van der Waals surface area (Å²) in [7, 11) is 0. The molecular formula is C11H9BrN2. The van der Waals surface area contributed by atoms with E-state index in [-0.39, 0.29) is 0 Å². The van der Waals surface area contributed by atoms with E-state index >= 15 is 0 Å². The molecule has 0 radical (unpaired) electrons. The number of hydrogen-bond donors (Lipinski definition) is 0. The summed E-state index contributed by atoms with van der Waals surface area (Å²) in [5, 5.41) is 0. The molecule has 0 aliphatic rings. The predicted molar refractivity (Wildman–Crippen MR) is 59.9 cm³/mol. The highest BCUT2D eigenvalue weighted by atomic mass is 79.9. The van der Waals surface area contributed by atoms with Gasteiger partial charge in [0.2, 0.25) is 0 Å². The summed E-state index contributed by atoms with van der Waals surface area (Å²) in [6.45, 7) is 1.93. The molecule has 2 aromatic rings. The van der Waals surface area contributed by atoms with Gasteiger partial charge in [-0.25, -0.2) is 9.97 Å². The molecule has 0 atom stereocenters. The van der Waals surface area contributed by atoms with Crippen molar-refractivity contribution in [3.63, 3.8) is 0 Å². The lowest BCUT2D eigenvalue weighted by molar-refractivity contribution is 1.09. The molecule has 0 amide bonds. The van der Waals surface area contributed by atoms with Crippen molar-refractivity contribution in [2.24, 2.45) is 0 Å². The molecule has 1 aromatic carbocycles. The first-order chi connectivity index (χ1) is 6.77. The fraction of sp³-hybridized carbons (Fsp3) is 0.0909. The van der Waals surface area contributed by atoms with Crippen LogP contribution < -0.4 is 0 Å². The van der Waals surface area contributed by atoms with E-state index in [4.69, 9.17) is 0 Å². The first-order valence-electron chi connectivity index (χ1n) is 4.32. The third-order valence-corrected chi connectivity index (χ3v) is 2.74. The molecule has 0 unspecified atom stereocenters. The van der Waals surface area contributed by atoms with Gasteiger partial charge in [-0.3, -0.25) is 0 Å². The highest BCUT2D eigenvalue weighted by Gasteiger charge is 2.01. The van der Waals surface area contributed by atoms with Crippen molar-refractivity contribution in [1.29, 1.82) is 0 Å². The van der Waals surface area contributed by atoms with E-state index in [2.05, 4.69) is 25.9 Å². The van der Waals surface area contributed by atoms with Crippen LogP contribution in [0.4, 0.5) is 0 Å². The van der Waals surface area contributed by atoms with Gasteiger partial charge in [-0.2, -0.15) is 0 Å². The average Bonchev–Trinajstić information content (AvgIpc) is 2.23. The largest absolute Gasteiger partial charge is 0.249 e. The van der Waals surface area contributed by atoms with Crippen LogP contribution in [0.25, 0.3) is 11.3 Å². The maximum atomic E-state index is 4.43. The summed E-state index contributed by atoms with van der Waals surface area (Å²) >= 11 is 3.33. The second kappa shape index (κ2) is 3.88. The van der Waals surface area contributed by atoms with Crippen LogP contribution in [0.5, 0.6) is 0 Å². The lowest BCUT2D eigenvalue weighted by atomic mass is 10.2. The first kappa shape index (κ1) is 9.34. The van der Waals surface area contributed by atoms with Crippen LogP contribution in [0, 0.1) is 6.92 Å². The third-order valence-electron chi connectivity index (χ3n) is 1.96. The molecule has 14 heavy (non-hydrogen) atoms. The predicted octanol–water partition coefficient (Wildman–Crippen LogP) is 3.21. The molecular weight excluding hydrogens is 240 g/mol. The van der Waals surface area contributed by atoms with Crippen molar-refractivity contribution in [2.45, 2.75) is 6.92 Å². The number of rotatable bonds is 1. The van der Waals surface area contributed by atoms with E-state index in [1.165, 1.54) is 0 Å². The van der Waals surface area contributed by atoms with Crippen LogP contribution in [-0.2, 0) is 0 Å². The monoisotopic (exact) mass is 248 g/mol. The molecule has 70 valence electrons. The van der Waals surface area contributed by atoms with Gasteiger partial charge in [-0.05, 0) is 22.9 Å². The molecule has 1 heterocycles. The number of benzene rings is 1. The lowest BCUT2D eigenvalue weighted by Crippen LogP contribution is -1.90. The molecule has 0 fully saturated rings. The molecule has 2 rings (SSSR count). The Hall–Kier alpha value is -1.22. The van der Waals surface area contributed by atoms with Crippen molar-refractivity contribution < 1.29 is 0 Å². The van der Waals surface area contributed by atoms with E-state index in [0.29, 0.717) is 0 Å². The van der Waals surface area contributed by atoms with Crippen LogP contribution in [0.1, 0.15) is 5.69 Å². The smallest absolute Gasteiger partial charge is 0.127 e. The normalized spacial score (nSPS) is 10.1. The number of hydrogen-bond acceptors (Lipinski definition) is 2. The summed E-state index contributed by atoms with van der Waals surface area (Å²) in [6, 6.07) is 10.0. The topological polar surface area (TPSA) is 25.8 Å².